The van der Waals surface area contributed by atoms with Gasteiger partial charge in [0.25, 0.3) is 0 Å². The van der Waals surface area contributed by atoms with E-state index in [0.717, 1.165) is 12.5 Å². The number of para-hydroxylation sites is 2. The third-order valence-corrected chi connectivity index (χ3v) is 5.33. The second kappa shape index (κ2) is 7.23. The molecule has 0 aromatic heterocycles. The van der Waals surface area contributed by atoms with E-state index in [2.05, 4.69) is 67.3 Å². The van der Waals surface area contributed by atoms with Gasteiger partial charge in [0, 0.05) is 16.3 Å². The SMILES string of the molecule is CC(C)CCCCCN1c2ccccc2Sc2ccccc21. The van der Waals surface area contributed by atoms with Gasteiger partial charge in [-0.05, 0) is 36.6 Å². The average molecular weight is 311 g/mol. The fourth-order valence-corrected chi connectivity index (χ4v) is 4.12. The molecule has 0 atom stereocenters. The summed E-state index contributed by atoms with van der Waals surface area (Å²) in [5, 5.41) is 0. The van der Waals surface area contributed by atoms with Crippen molar-refractivity contribution in [3.63, 3.8) is 0 Å². The van der Waals surface area contributed by atoms with Crippen molar-refractivity contribution in [3.05, 3.63) is 48.5 Å². The highest BCUT2D eigenvalue weighted by molar-refractivity contribution is 7.99. The van der Waals surface area contributed by atoms with Gasteiger partial charge in [0.2, 0.25) is 0 Å². The maximum atomic E-state index is 2.51. The molecule has 1 nitrogen and oxygen atoms in total. The number of rotatable bonds is 6. The van der Waals surface area contributed by atoms with Crippen molar-refractivity contribution in [1.82, 2.24) is 0 Å². The van der Waals surface area contributed by atoms with Gasteiger partial charge in [-0.2, -0.15) is 0 Å². The van der Waals surface area contributed by atoms with E-state index in [1.165, 1.54) is 46.8 Å². The van der Waals surface area contributed by atoms with Crippen LogP contribution in [-0.4, -0.2) is 6.54 Å². The minimum absolute atomic E-state index is 0.827. The monoisotopic (exact) mass is 311 g/mol. The fourth-order valence-electron chi connectivity index (χ4n) is 3.02. The van der Waals surface area contributed by atoms with E-state index < -0.39 is 0 Å². The summed E-state index contributed by atoms with van der Waals surface area (Å²) in [7, 11) is 0. The highest BCUT2D eigenvalue weighted by Gasteiger charge is 2.21. The van der Waals surface area contributed by atoms with Gasteiger partial charge in [0.1, 0.15) is 0 Å². The van der Waals surface area contributed by atoms with Gasteiger partial charge in [0.15, 0.2) is 0 Å². The lowest BCUT2D eigenvalue weighted by Gasteiger charge is -2.32. The summed E-state index contributed by atoms with van der Waals surface area (Å²) in [6, 6.07) is 17.6. The van der Waals surface area contributed by atoms with E-state index in [4.69, 9.17) is 0 Å². The van der Waals surface area contributed by atoms with Gasteiger partial charge in [-0.15, -0.1) is 0 Å². The molecular formula is C20H25NS. The molecule has 1 aliphatic heterocycles. The van der Waals surface area contributed by atoms with Crippen LogP contribution in [0.4, 0.5) is 11.4 Å². The molecule has 0 amide bonds. The van der Waals surface area contributed by atoms with Crippen molar-refractivity contribution in [1.29, 1.82) is 0 Å². The van der Waals surface area contributed by atoms with E-state index in [0.29, 0.717) is 0 Å². The summed E-state index contributed by atoms with van der Waals surface area (Å²) in [4.78, 5) is 5.27. The molecule has 1 aliphatic rings. The molecule has 22 heavy (non-hydrogen) atoms. The second-order valence-electron chi connectivity index (χ2n) is 6.43. The highest BCUT2D eigenvalue weighted by atomic mass is 32.2. The van der Waals surface area contributed by atoms with Crippen LogP contribution in [0.25, 0.3) is 0 Å². The molecule has 0 spiro atoms. The Balaban J connectivity index is 1.72. The van der Waals surface area contributed by atoms with Gasteiger partial charge in [0.05, 0.1) is 11.4 Å². The summed E-state index contributed by atoms with van der Waals surface area (Å²) in [6.07, 6.45) is 5.29. The standard InChI is InChI=1S/C20H25NS/c1-16(2)10-4-3-9-15-21-17-11-5-7-13-19(17)22-20-14-8-6-12-18(20)21/h5-8,11-14,16H,3-4,9-10,15H2,1-2H3. The topological polar surface area (TPSA) is 3.24 Å². The quantitative estimate of drug-likeness (QED) is 0.560. The molecule has 2 aromatic carbocycles. The maximum Gasteiger partial charge on any atom is 0.0552 e. The summed E-state index contributed by atoms with van der Waals surface area (Å²) < 4.78 is 0. The molecule has 0 saturated carbocycles. The van der Waals surface area contributed by atoms with Crippen LogP contribution in [0.3, 0.4) is 0 Å². The van der Waals surface area contributed by atoms with Crippen LogP contribution in [0.2, 0.25) is 0 Å². The predicted octanol–water partition coefficient (Wildman–Crippen LogP) is 6.51. The summed E-state index contributed by atoms with van der Waals surface area (Å²) >= 11 is 1.89. The van der Waals surface area contributed by atoms with Gasteiger partial charge < -0.3 is 4.90 Å². The first kappa shape index (κ1) is 15.5. The Morgan fingerprint density at radius 3 is 2.00 bits per heavy atom. The Labute approximate surface area is 138 Å². The highest BCUT2D eigenvalue weighted by Crippen LogP contribution is 2.47. The molecule has 116 valence electrons. The zero-order chi connectivity index (χ0) is 15.4. The van der Waals surface area contributed by atoms with Crippen molar-refractivity contribution in [2.24, 2.45) is 5.92 Å². The van der Waals surface area contributed by atoms with Crippen LogP contribution in [0, 0.1) is 5.92 Å². The van der Waals surface area contributed by atoms with E-state index >= 15 is 0 Å². The molecule has 1 heterocycles. The Bertz CT molecular complexity index is 575. The molecule has 0 N–H and O–H groups in total. The number of anilines is 2. The number of hydrogen-bond acceptors (Lipinski definition) is 2. The molecule has 0 saturated heterocycles. The normalized spacial score (nSPS) is 13.1. The van der Waals surface area contributed by atoms with Crippen molar-refractivity contribution in [2.45, 2.75) is 49.3 Å². The van der Waals surface area contributed by atoms with Crippen LogP contribution in [0.15, 0.2) is 58.3 Å². The van der Waals surface area contributed by atoms with Crippen LogP contribution in [0.5, 0.6) is 0 Å². The minimum Gasteiger partial charge on any atom is -0.340 e. The average Bonchev–Trinajstić information content (AvgIpc) is 2.53. The summed E-state index contributed by atoms with van der Waals surface area (Å²) in [5.74, 6) is 0.827. The predicted molar refractivity (Wildman–Crippen MR) is 97.3 cm³/mol. The number of fused-ring (bicyclic) bond motifs is 2. The molecular weight excluding hydrogens is 286 g/mol. The molecule has 0 bridgehead atoms. The molecule has 2 heteroatoms. The van der Waals surface area contributed by atoms with Crippen molar-refractivity contribution >= 4 is 23.1 Å². The molecule has 3 rings (SSSR count). The third-order valence-electron chi connectivity index (χ3n) is 4.20. The van der Waals surface area contributed by atoms with Gasteiger partial charge in [-0.1, -0.05) is 69.1 Å². The first-order chi connectivity index (χ1) is 10.8. The summed E-state index contributed by atoms with van der Waals surface area (Å²) in [5.41, 5.74) is 2.74. The Morgan fingerprint density at radius 1 is 0.818 bits per heavy atom. The Morgan fingerprint density at radius 2 is 1.41 bits per heavy atom. The Kier molecular flexibility index (Phi) is 5.09. The molecule has 0 unspecified atom stereocenters. The van der Waals surface area contributed by atoms with Crippen LogP contribution in [-0.2, 0) is 0 Å². The van der Waals surface area contributed by atoms with Gasteiger partial charge in [-0.3, -0.25) is 0 Å². The minimum atomic E-state index is 0.827. The summed E-state index contributed by atoms with van der Waals surface area (Å²) in [6.45, 7) is 5.75. The van der Waals surface area contributed by atoms with Gasteiger partial charge >= 0.3 is 0 Å². The fraction of sp³-hybridized carbons (Fsp3) is 0.400. The molecule has 2 aromatic rings. The van der Waals surface area contributed by atoms with Crippen LogP contribution < -0.4 is 4.90 Å². The van der Waals surface area contributed by atoms with E-state index in [1.54, 1.807) is 0 Å². The maximum absolute atomic E-state index is 2.51. The van der Waals surface area contributed by atoms with Crippen molar-refractivity contribution < 1.29 is 0 Å². The molecule has 0 aliphatic carbocycles. The zero-order valence-electron chi connectivity index (χ0n) is 13.6. The first-order valence-corrected chi connectivity index (χ1v) is 9.21. The largest absolute Gasteiger partial charge is 0.340 e. The van der Waals surface area contributed by atoms with Gasteiger partial charge in [-0.25, -0.2) is 0 Å². The second-order valence-corrected chi connectivity index (χ2v) is 7.52. The van der Waals surface area contributed by atoms with Crippen LogP contribution >= 0.6 is 11.8 Å². The molecule has 0 fully saturated rings. The number of nitrogens with zero attached hydrogens (tertiary/aromatic N) is 1. The third kappa shape index (κ3) is 3.49. The lowest BCUT2D eigenvalue weighted by atomic mass is 10.1. The van der Waals surface area contributed by atoms with E-state index in [1.807, 2.05) is 11.8 Å². The van der Waals surface area contributed by atoms with Crippen LogP contribution in [0.1, 0.15) is 39.5 Å². The number of hydrogen-bond donors (Lipinski definition) is 0. The molecule has 0 radical (unpaired) electrons. The Hall–Kier alpha value is -1.41. The van der Waals surface area contributed by atoms with E-state index in [-0.39, 0.29) is 0 Å². The van der Waals surface area contributed by atoms with Crippen molar-refractivity contribution in [2.75, 3.05) is 11.4 Å². The lowest BCUT2D eigenvalue weighted by Crippen LogP contribution is -2.21. The van der Waals surface area contributed by atoms with Crippen molar-refractivity contribution in [3.8, 4) is 0 Å². The number of benzene rings is 2. The smallest absolute Gasteiger partial charge is 0.0552 e. The first-order valence-electron chi connectivity index (χ1n) is 8.39. The lowest BCUT2D eigenvalue weighted by molar-refractivity contribution is 0.528. The zero-order valence-corrected chi connectivity index (χ0v) is 14.4. The van der Waals surface area contributed by atoms with E-state index in [9.17, 15) is 0 Å². The number of unbranched alkanes of at least 4 members (excludes halogenated alkanes) is 2.